The van der Waals surface area contributed by atoms with Crippen LogP contribution in [0.4, 0.5) is 8.78 Å². The normalized spacial score (nSPS) is 13.6. The van der Waals surface area contributed by atoms with Gasteiger partial charge in [-0.3, -0.25) is 4.79 Å². The standard InChI is InChI=1S/C12H13F2NO/c1-2-8(12(15)16)7-11(14)9-5-3-4-6-10(9)13/h3-7,11H,2H2,1H3,(H2,15,16)/b8-7+. The molecule has 0 aliphatic rings. The lowest BCUT2D eigenvalue weighted by atomic mass is 10.1. The average Bonchev–Trinajstić information content (AvgIpc) is 2.25. The van der Waals surface area contributed by atoms with E-state index in [2.05, 4.69) is 0 Å². The van der Waals surface area contributed by atoms with Gasteiger partial charge in [-0.2, -0.15) is 0 Å². The Balaban J connectivity index is 2.99. The first-order valence-corrected chi connectivity index (χ1v) is 4.95. The maximum atomic E-state index is 13.7. The van der Waals surface area contributed by atoms with Crippen LogP contribution in [0.2, 0.25) is 0 Å². The van der Waals surface area contributed by atoms with Gasteiger partial charge in [0.25, 0.3) is 0 Å². The molecule has 4 heteroatoms. The number of primary amides is 1. The highest BCUT2D eigenvalue weighted by Crippen LogP contribution is 2.23. The van der Waals surface area contributed by atoms with Crippen LogP contribution in [-0.2, 0) is 4.79 Å². The predicted octanol–water partition coefficient (Wildman–Crippen LogP) is 2.66. The van der Waals surface area contributed by atoms with E-state index in [-0.39, 0.29) is 11.1 Å². The van der Waals surface area contributed by atoms with Gasteiger partial charge in [-0.25, -0.2) is 8.78 Å². The van der Waals surface area contributed by atoms with Crippen LogP contribution in [0.1, 0.15) is 25.1 Å². The van der Waals surface area contributed by atoms with E-state index in [0.717, 1.165) is 6.08 Å². The number of carbonyl (C=O) groups is 1. The van der Waals surface area contributed by atoms with Crippen molar-refractivity contribution in [3.8, 4) is 0 Å². The number of amides is 1. The van der Waals surface area contributed by atoms with E-state index in [1.54, 1.807) is 6.92 Å². The maximum absolute atomic E-state index is 13.7. The number of hydrogen-bond acceptors (Lipinski definition) is 1. The smallest absolute Gasteiger partial charge is 0.244 e. The van der Waals surface area contributed by atoms with Gasteiger partial charge in [0.1, 0.15) is 12.0 Å². The second-order valence-corrected chi connectivity index (χ2v) is 3.33. The van der Waals surface area contributed by atoms with Crippen molar-refractivity contribution in [2.75, 3.05) is 0 Å². The van der Waals surface area contributed by atoms with Crippen LogP contribution in [0.3, 0.4) is 0 Å². The minimum Gasteiger partial charge on any atom is -0.366 e. The molecule has 0 aromatic heterocycles. The number of rotatable bonds is 4. The van der Waals surface area contributed by atoms with E-state index in [1.165, 1.54) is 24.3 Å². The summed E-state index contributed by atoms with van der Waals surface area (Å²) in [6.45, 7) is 1.69. The third kappa shape index (κ3) is 2.89. The van der Waals surface area contributed by atoms with Gasteiger partial charge in [0.05, 0.1) is 0 Å². The van der Waals surface area contributed by atoms with E-state index < -0.39 is 17.9 Å². The molecule has 0 fully saturated rings. The van der Waals surface area contributed by atoms with Gasteiger partial charge >= 0.3 is 0 Å². The monoisotopic (exact) mass is 225 g/mol. The first kappa shape index (κ1) is 12.4. The summed E-state index contributed by atoms with van der Waals surface area (Å²) in [5, 5.41) is 0. The van der Waals surface area contributed by atoms with Crippen LogP contribution in [0.15, 0.2) is 35.9 Å². The molecule has 0 bridgehead atoms. The Morgan fingerprint density at radius 1 is 1.50 bits per heavy atom. The van der Waals surface area contributed by atoms with Crippen LogP contribution in [0.25, 0.3) is 0 Å². The molecular weight excluding hydrogens is 212 g/mol. The van der Waals surface area contributed by atoms with Crippen LogP contribution >= 0.6 is 0 Å². The fraction of sp³-hybridized carbons (Fsp3) is 0.250. The summed E-state index contributed by atoms with van der Waals surface area (Å²) in [6.07, 6.45) is -0.269. The van der Waals surface area contributed by atoms with E-state index in [9.17, 15) is 13.6 Å². The third-order valence-corrected chi connectivity index (χ3v) is 2.25. The number of allylic oxidation sites excluding steroid dienone is 1. The first-order chi connectivity index (χ1) is 7.56. The van der Waals surface area contributed by atoms with Crippen molar-refractivity contribution < 1.29 is 13.6 Å². The highest BCUT2D eigenvalue weighted by molar-refractivity contribution is 5.91. The summed E-state index contributed by atoms with van der Waals surface area (Å²) in [7, 11) is 0. The molecule has 1 aromatic rings. The highest BCUT2D eigenvalue weighted by atomic mass is 19.1. The molecular formula is C12H13F2NO. The van der Waals surface area contributed by atoms with Crippen LogP contribution in [0, 0.1) is 5.82 Å². The van der Waals surface area contributed by atoms with Crippen LogP contribution in [-0.4, -0.2) is 5.91 Å². The lowest BCUT2D eigenvalue weighted by molar-refractivity contribution is -0.114. The number of alkyl halides is 1. The minimum absolute atomic E-state index is 0.0882. The van der Waals surface area contributed by atoms with Gasteiger partial charge in [0, 0.05) is 11.1 Å². The van der Waals surface area contributed by atoms with Crippen molar-refractivity contribution in [2.45, 2.75) is 19.5 Å². The zero-order valence-corrected chi connectivity index (χ0v) is 8.91. The molecule has 1 rings (SSSR count). The second kappa shape index (κ2) is 5.39. The third-order valence-electron chi connectivity index (χ3n) is 2.25. The Hall–Kier alpha value is -1.71. The molecule has 0 saturated carbocycles. The van der Waals surface area contributed by atoms with Crippen molar-refractivity contribution in [2.24, 2.45) is 5.73 Å². The van der Waals surface area contributed by atoms with Crippen molar-refractivity contribution in [3.05, 3.63) is 47.3 Å². The SMILES string of the molecule is CC/C(=C\C(F)c1ccccc1F)C(N)=O. The molecule has 1 aromatic carbocycles. The molecule has 0 aliphatic carbocycles. The zero-order valence-electron chi connectivity index (χ0n) is 8.91. The number of carbonyl (C=O) groups excluding carboxylic acids is 1. The van der Waals surface area contributed by atoms with Crippen LogP contribution in [0.5, 0.6) is 0 Å². The molecule has 1 amide bonds. The van der Waals surface area contributed by atoms with Crippen molar-refractivity contribution >= 4 is 5.91 Å². The van der Waals surface area contributed by atoms with Gasteiger partial charge in [0.15, 0.2) is 0 Å². The summed E-state index contributed by atoms with van der Waals surface area (Å²) in [4.78, 5) is 10.9. The van der Waals surface area contributed by atoms with E-state index in [1.807, 2.05) is 0 Å². The van der Waals surface area contributed by atoms with E-state index >= 15 is 0 Å². The molecule has 0 saturated heterocycles. The maximum Gasteiger partial charge on any atom is 0.244 e. The van der Waals surface area contributed by atoms with Gasteiger partial charge in [-0.05, 0) is 18.6 Å². The fourth-order valence-corrected chi connectivity index (χ4v) is 1.34. The fourth-order valence-electron chi connectivity index (χ4n) is 1.34. The molecule has 1 atom stereocenters. The number of hydrogen-bond donors (Lipinski definition) is 1. The first-order valence-electron chi connectivity index (χ1n) is 4.95. The van der Waals surface area contributed by atoms with Gasteiger partial charge in [0.2, 0.25) is 5.91 Å². The Morgan fingerprint density at radius 3 is 2.62 bits per heavy atom. The topological polar surface area (TPSA) is 43.1 Å². The lowest BCUT2D eigenvalue weighted by Gasteiger charge is -2.06. The van der Waals surface area contributed by atoms with Crippen molar-refractivity contribution in [1.29, 1.82) is 0 Å². The quantitative estimate of drug-likeness (QED) is 0.786. The second-order valence-electron chi connectivity index (χ2n) is 3.33. The van der Waals surface area contributed by atoms with Gasteiger partial charge < -0.3 is 5.73 Å². The molecule has 0 aliphatic heterocycles. The molecule has 2 N–H and O–H groups in total. The van der Waals surface area contributed by atoms with E-state index in [4.69, 9.17) is 5.73 Å². The highest BCUT2D eigenvalue weighted by Gasteiger charge is 2.13. The Kier molecular flexibility index (Phi) is 4.17. The summed E-state index contributed by atoms with van der Waals surface area (Å²) >= 11 is 0. The summed E-state index contributed by atoms with van der Waals surface area (Å²) in [6, 6.07) is 5.52. The zero-order chi connectivity index (χ0) is 12.1. The molecule has 1 unspecified atom stereocenters. The van der Waals surface area contributed by atoms with Crippen LogP contribution < -0.4 is 5.73 Å². The van der Waals surface area contributed by atoms with Crippen molar-refractivity contribution in [1.82, 2.24) is 0 Å². The Labute approximate surface area is 92.8 Å². The molecule has 86 valence electrons. The Morgan fingerprint density at radius 2 is 2.12 bits per heavy atom. The molecule has 2 nitrogen and oxygen atoms in total. The number of nitrogens with two attached hydrogens (primary N) is 1. The average molecular weight is 225 g/mol. The number of halogens is 2. The molecule has 0 heterocycles. The predicted molar refractivity (Wildman–Crippen MR) is 57.8 cm³/mol. The minimum atomic E-state index is -1.65. The lowest BCUT2D eigenvalue weighted by Crippen LogP contribution is -2.14. The van der Waals surface area contributed by atoms with E-state index in [0.29, 0.717) is 6.42 Å². The largest absolute Gasteiger partial charge is 0.366 e. The number of benzene rings is 1. The molecule has 0 radical (unpaired) electrons. The summed E-state index contributed by atoms with van der Waals surface area (Å²) in [5.74, 6) is -1.31. The Bertz CT molecular complexity index is 415. The molecule has 16 heavy (non-hydrogen) atoms. The van der Waals surface area contributed by atoms with Gasteiger partial charge in [-0.1, -0.05) is 25.1 Å². The summed E-state index contributed by atoms with van der Waals surface area (Å²) in [5.41, 5.74) is 5.12. The summed E-state index contributed by atoms with van der Waals surface area (Å²) < 4.78 is 26.9. The van der Waals surface area contributed by atoms with Crippen molar-refractivity contribution in [3.63, 3.8) is 0 Å². The molecule has 0 spiro atoms. The van der Waals surface area contributed by atoms with Gasteiger partial charge in [-0.15, -0.1) is 0 Å².